The molecular weight excluding hydrogens is 397 g/mol. The summed E-state index contributed by atoms with van der Waals surface area (Å²) in [5.41, 5.74) is 0.403. The van der Waals surface area contributed by atoms with E-state index in [9.17, 15) is 22.8 Å². The van der Waals surface area contributed by atoms with Crippen LogP contribution in [0.2, 0.25) is 0 Å². The number of carbonyl (C=O) groups excluding carboxylic acids is 1. The number of alkyl halides is 3. The highest BCUT2D eigenvalue weighted by Crippen LogP contribution is 2.34. The van der Waals surface area contributed by atoms with Crippen molar-refractivity contribution in [2.75, 3.05) is 18.4 Å². The minimum Gasteiger partial charge on any atom is -0.423 e. The maximum Gasteiger partial charge on any atom is 0.418 e. The van der Waals surface area contributed by atoms with Crippen LogP contribution in [0.4, 0.5) is 18.9 Å². The first-order valence-electron chi connectivity index (χ1n) is 9.39. The summed E-state index contributed by atoms with van der Waals surface area (Å²) in [5, 5.41) is 3.09. The molecule has 0 spiro atoms. The third-order valence-electron chi connectivity index (χ3n) is 4.70. The van der Waals surface area contributed by atoms with Crippen LogP contribution in [0.15, 0.2) is 57.7 Å². The smallest absolute Gasteiger partial charge is 0.418 e. The number of benzene rings is 2. The number of hydrogen-bond acceptors (Lipinski definition) is 4. The third-order valence-corrected chi connectivity index (χ3v) is 4.70. The molecule has 5 nitrogen and oxygen atoms in total. The Kier molecular flexibility index (Phi) is 6.26. The largest absolute Gasteiger partial charge is 0.423 e. The molecule has 30 heavy (non-hydrogen) atoms. The molecule has 1 aromatic heterocycles. The lowest BCUT2D eigenvalue weighted by Gasteiger charge is -2.21. The Labute approximate surface area is 171 Å². The number of amides is 1. The fraction of sp³-hybridized carbons (Fsp3) is 0.273. The van der Waals surface area contributed by atoms with E-state index in [2.05, 4.69) is 5.32 Å². The van der Waals surface area contributed by atoms with E-state index < -0.39 is 23.3 Å². The molecule has 0 fully saturated rings. The molecule has 0 aliphatic carbocycles. The molecule has 1 N–H and O–H groups in total. The van der Waals surface area contributed by atoms with Gasteiger partial charge in [-0.05, 0) is 42.8 Å². The van der Waals surface area contributed by atoms with Crippen LogP contribution < -0.4 is 10.9 Å². The second-order valence-electron chi connectivity index (χ2n) is 6.99. The quantitative estimate of drug-likeness (QED) is 0.596. The second kappa shape index (κ2) is 8.71. The molecule has 2 aromatic carbocycles. The molecule has 0 aliphatic heterocycles. The summed E-state index contributed by atoms with van der Waals surface area (Å²) in [5.74, 6) is -0.573. The fourth-order valence-electron chi connectivity index (χ4n) is 3.22. The summed E-state index contributed by atoms with van der Waals surface area (Å²) < 4.78 is 44.6. The van der Waals surface area contributed by atoms with Crippen molar-refractivity contribution < 1.29 is 22.4 Å². The first kappa shape index (κ1) is 21.6. The molecule has 0 saturated heterocycles. The SMILES string of the molecule is CCN(CC(=O)Nc1ccccc1C(F)(F)F)Cc1cc(=O)oc2cc(C)ccc12. The number of rotatable bonds is 6. The number of fused-ring (bicyclic) bond motifs is 1. The molecule has 1 amide bonds. The van der Waals surface area contributed by atoms with Gasteiger partial charge in [0.05, 0.1) is 17.8 Å². The van der Waals surface area contributed by atoms with Crippen LogP contribution in [0.5, 0.6) is 0 Å². The van der Waals surface area contributed by atoms with Gasteiger partial charge in [0.2, 0.25) is 5.91 Å². The average molecular weight is 418 g/mol. The van der Waals surface area contributed by atoms with Crippen molar-refractivity contribution in [1.82, 2.24) is 4.90 Å². The number of likely N-dealkylation sites (N-methyl/N-ethyl adjacent to an activating group) is 1. The van der Waals surface area contributed by atoms with E-state index in [4.69, 9.17) is 4.42 Å². The summed E-state index contributed by atoms with van der Waals surface area (Å²) in [6, 6.07) is 11.7. The van der Waals surface area contributed by atoms with Gasteiger partial charge in [-0.15, -0.1) is 0 Å². The summed E-state index contributed by atoms with van der Waals surface area (Å²) in [6.07, 6.45) is -4.57. The molecule has 8 heteroatoms. The third kappa shape index (κ3) is 5.07. The zero-order chi connectivity index (χ0) is 21.9. The Morgan fingerprint density at radius 3 is 2.57 bits per heavy atom. The van der Waals surface area contributed by atoms with Crippen molar-refractivity contribution in [3.8, 4) is 0 Å². The maximum atomic E-state index is 13.1. The lowest BCUT2D eigenvalue weighted by Crippen LogP contribution is -2.33. The van der Waals surface area contributed by atoms with Crippen LogP contribution in [-0.2, 0) is 17.5 Å². The van der Waals surface area contributed by atoms with E-state index in [1.165, 1.54) is 24.3 Å². The van der Waals surface area contributed by atoms with Gasteiger partial charge < -0.3 is 9.73 Å². The Hall–Kier alpha value is -3.13. The standard InChI is InChI=1S/C22H21F3N2O3/c1-3-27(12-15-11-21(29)30-19-10-14(2)8-9-16(15)19)13-20(28)26-18-7-5-4-6-17(18)22(23,24)25/h4-11H,3,12-13H2,1-2H3,(H,26,28). The van der Waals surface area contributed by atoms with Gasteiger partial charge in [-0.1, -0.05) is 31.2 Å². The van der Waals surface area contributed by atoms with E-state index >= 15 is 0 Å². The molecule has 0 radical (unpaired) electrons. The first-order chi connectivity index (χ1) is 14.2. The van der Waals surface area contributed by atoms with Gasteiger partial charge in [-0.25, -0.2) is 4.79 Å². The number of aryl methyl sites for hydroxylation is 1. The number of nitrogens with one attached hydrogen (secondary N) is 1. The Morgan fingerprint density at radius 1 is 1.13 bits per heavy atom. The fourth-order valence-corrected chi connectivity index (χ4v) is 3.22. The van der Waals surface area contributed by atoms with Crippen LogP contribution >= 0.6 is 0 Å². The van der Waals surface area contributed by atoms with Crippen molar-refractivity contribution in [2.24, 2.45) is 0 Å². The van der Waals surface area contributed by atoms with Crippen LogP contribution in [0, 0.1) is 6.92 Å². The van der Waals surface area contributed by atoms with E-state index in [1.54, 1.807) is 11.0 Å². The molecular formula is C22H21F3N2O3. The van der Waals surface area contributed by atoms with Crippen molar-refractivity contribution >= 4 is 22.6 Å². The van der Waals surface area contributed by atoms with Gasteiger partial charge in [0.1, 0.15) is 5.58 Å². The minimum absolute atomic E-state index is 0.129. The molecule has 1 heterocycles. The van der Waals surface area contributed by atoms with E-state index in [0.717, 1.165) is 17.0 Å². The summed E-state index contributed by atoms with van der Waals surface area (Å²) in [4.78, 5) is 26.1. The maximum absolute atomic E-state index is 13.1. The van der Waals surface area contributed by atoms with Gasteiger partial charge in [0.25, 0.3) is 0 Å². The molecule has 0 bridgehead atoms. The van der Waals surface area contributed by atoms with Crippen molar-refractivity contribution in [1.29, 1.82) is 0 Å². The number of halogens is 3. The molecule has 0 atom stereocenters. The Balaban J connectivity index is 1.78. The number of nitrogens with zero attached hydrogens (tertiary/aromatic N) is 1. The number of para-hydroxylation sites is 1. The van der Waals surface area contributed by atoms with Crippen LogP contribution in [-0.4, -0.2) is 23.9 Å². The first-order valence-corrected chi connectivity index (χ1v) is 9.39. The molecule has 3 rings (SSSR count). The highest BCUT2D eigenvalue weighted by atomic mass is 19.4. The number of hydrogen-bond donors (Lipinski definition) is 1. The zero-order valence-electron chi connectivity index (χ0n) is 16.5. The van der Waals surface area contributed by atoms with Gasteiger partial charge in [-0.3, -0.25) is 9.69 Å². The Morgan fingerprint density at radius 2 is 1.87 bits per heavy atom. The van der Waals surface area contributed by atoms with Crippen molar-refractivity contribution in [3.63, 3.8) is 0 Å². The summed E-state index contributed by atoms with van der Waals surface area (Å²) in [7, 11) is 0. The number of carbonyl (C=O) groups is 1. The molecule has 158 valence electrons. The monoisotopic (exact) mass is 418 g/mol. The predicted molar refractivity (Wildman–Crippen MR) is 108 cm³/mol. The molecule has 0 unspecified atom stereocenters. The predicted octanol–water partition coefficient (Wildman–Crippen LogP) is 4.58. The number of anilines is 1. The van der Waals surface area contributed by atoms with Gasteiger partial charge in [0.15, 0.2) is 0 Å². The van der Waals surface area contributed by atoms with Gasteiger partial charge >= 0.3 is 11.8 Å². The van der Waals surface area contributed by atoms with Crippen molar-refractivity contribution in [2.45, 2.75) is 26.6 Å². The normalized spacial score (nSPS) is 11.8. The highest BCUT2D eigenvalue weighted by Gasteiger charge is 2.33. The molecule has 0 aliphatic rings. The van der Waals surface area contributed by atoms with Crippen LogP contribution in [0.1, 0.15) is 23.6 Å². The topological polar surface area (TPSA) is 62.6 Å². The highest BCUT2D eigenvalue weighted by molar-refractivity contribution is 5.93. The Bertz CT molecular complexity index is 1120. The summed E-state index contributed by atoms with van der Waals surface area (Å²) >= 11 is 0. The van der Waals surface area contributed by atoms with Gasteiger partial charge in [0, 0.05) is 18.0 Å². The lowest BCUT2D eigenvalue weighted by molar-refractivity contribution is -0.137. The second-order valence-corrected chi connectivity index (χ2v) is 6.99. The van der Waals surface area contributed by atoms with Gasteiger partial charge in [-0.2, -0.15) is 13.2 Å². The van der Waals surface area contributed by atoms with E-state index in [0.29, 0.717) is 17.7 Å². The average Bonchev–Trinajstić information content (AvgIpc) is 2.66. The lowest BCUT2D eigenvalue weighted by atomic mass is 10.1. The van der Waals surface area contributed by atoms with Crippen LogP contribution in [0.25, 0.3) is 11.0 Å². The molecule has 0 saturated carbocycles. The minimum atomic E-state index is -4.57. The van der Waals surface area contributed by atoms with Crippen LogP contribution in [0.3, 0.4) is 0 Å². The van der Waals surface area contributed by atoms with Crippen molar-refractivity contribution in [3.05, 3.63) is 75.6 Å². The van der Waals surface area contributed by atoms with E-state index in [1.807, 2.05) is 26.0 Å². The molecule has 3 aromatic rings. The van der Waals surface area contributed by atoms with E-state index in [-0.39, 0.29) is 18.8 Å². The summed E-state index contributed by atoms with van der Waals surface area (Å²) in [6.45, 7) is 4.32. The zero-order valence-corrected chi connectivity index (χ0v) is 16.5.